The lowest BCUT2D eigenvalue weighted by Gasteiger charge is -2.08. The molecule has 0 unspecified atom stereocenters. The molecule has 0 fully saturated rings. The first-order valence-electron chi connectivity index (χ1n) is 8.13. The average molecular weight is 311 g/mol. The lowest BCUT2D eigenvalue weighted by Crippen LogP contribution is -2.31. The molecule has 1 heterocycles. The molecule has 4 rings (SSSR count). The fraction of sp³-hybridized carbons (Fsp3) is 0.0909. The first-order chi connectivity index (χ1) is 11.7. The molecule has 1 aromatic heterocycles. The van der Waals surface area contributed by atoms with Gasteiger partial charge in [0.2, 0.25) is 0 Å². The van der Waals surface area contributed by atoms with E-state index in [1.54, 1.807) is 0 Å². The van der Waals surface area contributed by atoms with E-state index < -0.39 is 0 Å². The SMILES string of the molecule is Cc1ccc(-c2ccc3ccccc3c2)cc1-c1nccc[n+]1C. The molecule has 0 N–H and O–H groups in total. The van der Waals surface area contributed by atoms with E-state index in [1.165, 1.54) is 33.0 Å². The van der Waals surface area contributed by atoms with Gasteiger partial charge in [-0.15, -0.1) is 0 Å². The van der Waals surface area contributed by atoms with Gasteiger partial charge in [0, 0.05) is 6.07 Å². The van der Waals surface area contributed by atoms with Gasteiger partial charge in [0.1, 0.15) is 6.20 Å². The highest BCUT2D eigenvalue weighted by Gasteiger charge is 2.15. The van der Waals surface area contributed by atoms with E-state index in [4.69, 9.17) is 0 Å². The van der Waals surface area contributed by atoms with Crippen LogP contribution in [0.1, 0.15) is 5.56 Å². The van der Waals surface area contributed by atoms with Crippen LogP contribution in [0.5, 0.6) is 0 Å². The Morgan fingerprint density at radius 3 is 2.38 bits per heavy atom. The molecule has 2 nitrogen and oxygen atoms in total. The van der Waals surface area contributed by atoms with Crippen molar-refractivity contribution in [3.8, 4) is 22.5 Å². The first-order valence-corrected chi connectivity index (χ1v) is 8.13. The van der Waals surface area contributed by atoms with E-state index in [-0.39, 0.29) is 0 Å². The Bertz CT molecular complexity index is 1030. The van der Waals surface area contributed by atoms with Crippen LogP contribution in [0.3, 0.4) is 0 Å². The third kappa shape index (κ3) is 2.56. The van der Waals surface area contributed by atoms with Crippen LogP contribution >= 0.6 is 0 Å². The molecule has 0 saturated heterocycles. The standard InChI is InChI=1S/C22H19N2/c1-16-8-9-20(15-21(16)22-23-12-5-13-24(22)2)19-11-10-17-6-3-4-7-18(17)14-19/h3-15H,1-2H3/q+1. The normalized spacial score (nSPS) is 10.9. The van der Waals surface area contributed by atoms with Crippen molar-refractivity contribution in [3.63, 3.8) is 0 Å². The first kappa shape index (κ1) is 14.6. The molecule has 0 bridgehead atoms. The summed E-state index contributed by atoms with van der Waals surface area (Å²) in [5.74, 6) is 0.984. The van der Waals surface area contributed by atoms with E-state index in [0.717, 1.165) is 5.82 Å². The summed E-state index contributed by atoms with van der Waals surface area (Å²) in [5, 5.41) is 2.53. The Labute approximate surface area is 142 Å². The summed E-state index contributed by atoms with van der Waals surface area (Å²) in [6, 6.07) is 23.6. The van der Waals surface area contributed by atoms with Crippen molar-refractivity contribution in [2.24, 2.45) is 7.05 Å². The summed E-state index contributed by atoms with van der Waals surface area (Å²) >= 11 is 0. The van der Waals surface area contributed by atoms with Gasteiger partial charge in [0.05, 0.1) is 18.8 Å². The quantitative estimate of drug-likeness (QED) is 0.490. The molecule has 2 heteroatoms. The summed E-state index contributed by atoms with van der Waals surface area (Å²) in [5.41, 5.74) is 4.85. The molecule has 4 aromatic rings. The molecule has 0 aliphatic heterocycles. The summed E-state index contributed by atoms with van der Waals surface area (Å²) in [4.78, 5) is 4.56. The Hall–Kier alpha value is -3.00. The third-order valence-corrected chi connectivity index (χ3v) is 4.49. The van der Waals surface area contributed by atoms with Gasteiger partial charge in [0.25, 0.3) is 0 Å². The molecular weight excluding hydrogens is 292 g/mol. The Kier molecular flexibility index (Phi) is 3.58. The summed E-state index contributed by atoms with van der Waals surface area (Å²) in [7, 11) is 2.03. The van der Waals surface area contributed by atoms with Crippen LogP contribution in [0, 0.1) is 6.92 Å². The molecule has 24 heavy (non-hydrogen) atoms. The fourth-order valence-electron chi connectivity index (χ4n) is 3.11. The molecule has 0 spiro atoms. The van der Waals surface area contributed by atoms with Gasteiger partial charge in [0.15, 0.2) is 0 Å². The molecule has 0 aliphatic carbocycles. The monoisotopic (exact) mass is 311 g/mol. The van der Waals surface area contributed by atoms with Crippen molar-refractivity contribution in [1.29, 1.82) is 0 Å². The van der Waals surface area contributed by atoms with E-state index >= 15 is 0 Å². The molecular formula is C22H19N2+. The fourth-order valence-corrected chi connectivity index (χ4v) is 3.11. The van der Waals surface area contributed by atoms with Crippen LogP contribution in [0.25, 0.3) is 33.3 Å². The van der Waals surface area contributed by atoms with E-state index in [0.29, 0.717) is 0 Å². The lowest BCUT2D eigenvalue weighted by molar-refractivity contribution is -0.663. The number of hydrogen-bond donors (Lipinski definition) is 0. The van der Waals surface area contributed by atoms with Crippen molar-refractivity contribution < 1.29 is 4.57 Å². The van der Waals surface area contributed by atoms with E-state index in [1.807, 2.05) is 25.5 Å². The van der Waals surface area contributed by atoms with Crippen LogP contribution in [-0.2, 0) is 7.05 Å². The van der Waals surface area contributed by atoms with Gasteiger partial charge in [-0.3, -0.25) is 0 Å². The highest BCUT2D eigenvalue weighted by atomic mass is 15.0. The summed E-state index contributed by atoms with van der Waals surface area (Å²) in [6.45, 7) is 2.13. The van der Waals surface area contributed by atoms with Crippen molar-refractivity contribution in [2.45, 2.75) is 6.92 Å². The van der Waals surface area contributed by atoms with E-state index in [9.17, 15) is 0 Å². The second kappa shape index (κ2) is 5.89. The number of rotatable bonds is 2. The smallest absolute Gasteiger partial charge is 0.233 e. The number of aromatic nitrogens is 2. The predicted octanol–water partition coefficient (Wildman–Crippen LogP) is 4.70. The zero-order chi connectivity index (χ0) is 16.5. The van der Waals surface area contributed by atoms with Crippen molar-refractivity contribution in [2.75, 3.05) is 0 Å². The Morgan fingerprint density at radius 1 is 0.792 bits per heavy atom. The van der Waals surface area contributed by atoms with Gasteiger partial charge in [-0.05, 0) is 51.5 Å². The topological polar surface area (TPSA) is 16.8 Å². The van der Waals surface area contributed by atoms with Gasteiger partial charge in [-0.25, -0.2) is 4.57 Å². The number of aryl methyl sites for hydroxylation is 2. The molecule has 3 aromatic carbocycles. The molecule has 0 amide bonds. The van der Waals surface area contributed by atoms with Crippen molar-refractivity contribution in [3.05, 3.63) is 84.7 Å². The maximum absolute atomic E-state index is 4.56. The minimum absolute atomic E-state index is 0.984. The maximum Gasteiger partial charge on any atom is 0.330 e. The number of hydrogen-bond acceptors (Lipinski definition) is 1. The predicted molar refractivity (Wildman–Crippen MR) is 98.5 cm³/mol. The van der Waals surface area contributed by atoms with Crippen LogP contribution in [0.4, 0.5) is 0 Å². The second-order valence-electron chi connectivity index (χ2n) is 6.15. The minimum atomic E-state index is 0.984. The number of benzene rings is 3. The van der Waals surface area contributed by atoms with Crippen molar-refractivity contribution in [1.82, 2.24) is 4.98 Å². The highest BCUT2D eigenvalue weighted by Crippen LogP contribution is 2.29. The largest absolute Gasteiger partial charge is 0.330 e. The molecule has 0 saturated carbocycles. The van der Waals surface area contributed by atoms with Crippen LogP contribution < -0.4 is 4.57 Å². The van der Waals surface area contributed by atoms with Crippen LogP contribution in [-0.4, -0.2) is 4.98 Å². The number of fused-ring (bicyclic) bond motifs is 1. The van der Waals surface area contributed by atoms with Gasteiger partial charge in [-0.2, -0.15) is 0 Å². The third-order valence-electron chi connectivity index (χ3n) is 4.49. The highest BCUT2D eigenvalue weighted by molar-refractivity contribution is 5.87. The molecule has 0 aliphatic rings. The molecule has 116 valence electrons. The van der Waals surface area contributed by atoms with Crippen molar-refractivity contribution >= 4 is 10.8 Å². The maximum atomic E-state index is 4.56. The molecule has 0 radical (unpaired) electrons. The van der Waals surface area contributed by atoms with Gasteiger partial charge in [-0.1, -0.05) is 48.5 Å². The zero-order valence-electron chi connectivity index (χ0n) is 13.9. The van der Waals surface area contributed by atoms with Crippen LogP contribution in [0.2, 0.25) is 0 Å². The second-order valence-corrected chi connectivity index (χ2v) is 6.15. The lowest BCUT2D eigenvalue weighted by atomic mass is 9.97. The minimum Gasteiger partial charge on any atom is -0.233 e. The summed E-state index contributed by atoms with van der Waals surface area (Å²) in [6.07, 6.45) is 3.88. The Balaban J connectivity index is 1.87. The van der Waals surface area contributed by atoms with Gasteiger partial charge >= 0.3 is 5.82 Å². The zero-order valence-corrected chi connectivity index (χ0v) is 13.9. The van der Waals surface area contributed by atoms with E-state index in [2.05, 4.69) is 77.1 Å². The number of nitrogens with zero attached hydrogens (tertiary/aromatic N) is 2. The molecule has 0 atom stereocenters. The Morgan fingerprint density at radius 2 is 1.54 bits per heavy atom. The van der Waals surface area contributed by atoms with Crippen LogP contribution in [0.15, 0.2) is 79.1 Å². The average Bonchev–Trinajstić information content (AvgIpc) is 2.62. The summed E-state index contributed by atoms with van der Waals surface area (Å²) < 4.78 is 2.06. The van der Waals surface area contributed by atoms with Gasteiger partial charge < -0.3 is 0 Å².